The third-order valence-corrected chi connectivity index (χ3v) is 18.9. The first-order chi connectivity index (χ1) is 34.1. The highest BCUT2D eigenvalue weighted by Crippen LogP contribution is 2.46. The largest absolute Gasteiger partial charge is 0.311 e. The maximum atomic E-state index is 2.57. The zero-order valence-corrected chi connectivity index (χ0v) is 44.5. The van der Waals surface area contributed by atoms with Crippen LogP contribution in [0.3, 0.4) is 0 Å². The van der Waals surface area contributed by atoms with Gasteiger partial charge in [0.2, 0.25) is 0 Å². The van der Waals surface area contributed by atoms with Crippen LogP contribution in [0.25, 0.3) is 70.8 Å². The molecule has 0 fully saturated rings. The first kappa shape index (κ1) is 44.7. The smallest absolute Gasteiger partial charge is 0.0803 e. The van der Waals surface area contributed by atoms with Gasteiger partial charge in [0.1, 0.15) is 0 Å². The zero-order chi connectivity index (χ0) is 49.0. The van der Waals surface area contributed by atoms with E-state index in [2.05, 4.69) is 281 Å². The summed E-state index contributed by atoms with van der Waals surface area (Å²) in [6, 6.07) is 78.0. The number of rotatable bonds is 9. The molecule has 0 amide bonds. The molecule has 0 radical (unpaired) electrons. The lowest BCUT2D eigenvalue weighted by Crippen LogP contribution is -2.40. The van der Waals surface area contributed by atoms with Gasteiger partial charge < -0.3 is 14.2 Å². The fourth-order valence-electron chi connectivity index (χ4n) is 11.2. The van der Waals surface area contributed by atoms with Crippen LogP contribution in [0.2, 0.25) is 39.3 Å². The van der Waals surface area contributed by atoms with Gasteiger partial charge in [-0.2, -0.15) is 0 Å². The molecule has 0 saturated heterocycles. The summed E-state index contributed by atoms with van der Waals surface area (Å²) in [5.74, 6) is 0. The Morgan fingerprint density at radius 2 is 0.775 bits per heavy atom. The van der Waals surface area contributed by atoms with E-state index in [9.17, 15) is 0 Å². The monoisotopic (exact) mass is 951 g/mol. The van der Waals surface area contributed by atoms with Gasteiger partial charge in [-0.25, -0.2) is 0 Å². The van der Waals surface area contributed by atoms with Crippen molar-refractivity contribution < 1.29 is 0 Å². The molecule has 0 saturated carbocycles. The first-order valence-corrected chi connectivity index (χ1v) is 32.3. The number of fused-ring (bicyclic) bond motifs is 8. The second kappa shape index (κ2) is 16.6. The van der Waals surface area contributed by atoms with E-state index in [1.54, 1.807) is 0 Å². The summed E-state index contributed by atoms with van der Waals surface area (Å²) in [6.45, 7) is 21.5. The van der Waals surface area contributed by atoms with Gasteiger partial charge in [-0.05, 0) is 151 Å². The van der Waals surface area contributed by atoms with Crippen molar-refractivity contribution >= 4 is 120 Å². The zero-order valence-electron chi connectivity index (χ0n) is 42.5. The molecule has 2 aromatic heterocycles. The average molecular weight is 952 g/mol. The van der Waals surface area contributed by atoms with E-state index in [1.165, 1.54) is 98.1 Å². The summed E-state index contributed by atoms with van der Waals surface area (Å²) in [4.78, 5) is 4.94. The fourth-order valence-corrected chi connectivity index (χ4v) is 14.3. The summed E-state index contributed by atoms with van der Waals surface area (Å²) in [6.07, 6.45) is 0. The van der Waals surface area contributed by atoms with Gasteiger partial charge in [-0.15, -0.1) is 0 Å². The molecule has 2 heterocycles. The Balaban J connectivity index is 1.11. The van der Waals surface area contributed by atoms with Gasteiger partial charge in [-0.1, -0.05) is 169 Å². The third-order valence-electron chi connectivity index (χ3n) is 14.8. The van der Waals surface area contributed by atoms with Crippen molar-refractivity contribution in [2.45, 2.75) is 65.5 Å². The molecular formula is C66H61N3Si2. The molecular weight excluding hydrogens is 891 g/mol. The number of nitrogens with zero attached hydrogens (tertiary/aromatic N) is 3. The lowest BCUT2D eigenvalue weighted by atomic mass is 9.86. The summed E-state index contributed by atoms with van der Waals surface area (Å²) >= 11 is 0. The van der Waals surface area contributed by atoms with E-state index in [1.807, 2.05) is 0 Å². The number of hydrogen-bond acceptors (Lipinski definition) is 2. The van der Waals surface area contributed by atoms with Crippen LogP contribution in [0, 0.1) is 0 Å². The minimum atomic E-state index is -1.72. The van der Waals surface area contributed by atoms with E-state index in [-0.39, 0.29) is 5.41 Å². The quantitative estimate of drug-likeness (QED) is 0.134. The third kappa shape index (κ3) is 7.70. The lowest BCUT2D eigenvalue weighted by molar-refractivity contribution is 0.590. The highest BCUT2D eigenvalue weighted by molar-refractivity contribution is 6.90. The molecule has 0 atom stereocenters. The van der Waals surface area contributed by atoms with Crippen LogP contribution in [-0.4, -0.2) is 20.5 Å². The van der Waals surface area contributed by atoms with Gasteiger partial charge in [0.25, 0.3) is 0 Å². The molecule has 3 nitrogen and oxygen atoms in total. The molecule has 5 heteroatoms. The van der Waals surface area contributed by atoms with Crippen molar-refractivity contribution in [1.82, 2.24) is 4.40 Å². The van der Waals surface area contributed by atoms with Gasteiger partial charge in [-0.3, -0.25) is 0 Å². The van der Waals surface area contributed by atoms with E-state index < -0.39 is 16.1 Å². The predicted molar refractivity (Wildman–Crippen MR) is 316 cm³/mol. The number of para-hydroxylation sites is 4. The second-order valence-corrected chi connectivity index (χ2v) is 32.8. The average Bonchev–Trinajstić information content (AvgIpc) is 3.85. The lowest BCUT2D eigenvalue weighted by Gasteiger charge is -2.31. The summed E-state index contributed by atoms with van der Waals surface area (Å²) in [5, 5.41) is 12.9. The van der Waals surface area contributed by atoms with Crippen LogP contribution in [0.4, 0.5) is 34.1 Å². The second-order valence-electron chi connectivity index (χ2n) is 22.8. The molecule has 10 aromatic carbocycles. The number of benzene rings is 10. The topological polar surface area (TPSA) is 10.9 Å². The normalized spacial score (nSPS) is 12.6. The van der Waals surface area contributed by atoms with Crippen LogP contribution < -0.4 is 20.2 Å². The molecule has 348 valence electrons. The molecule has 0 bridgehead atoms. The Labute approximate surface area is 420 Å². The Morgan fingerprint density at radius 1 is 0.352 bits per heavy atom. The number of hydrogen-bond donors (Lipinski definition) is 0. The van der Waals surface area contributed by atoms with Crippen molar-refractivity contribution in [3.05, 3.63) is 212 Å². The van der Waals surface area contributed by atoms with E-state index >= 15 is 0 Å². The fraction of sp³-hybridized carbons (Fsp3) is 0.152. The van der Waals surface area contributed by atoms with Crippen LogP contribution >= 0.6 is 0 Å². The van der Waals surface area contributed by atoms with Crippen molar-refractivity contribution in [2.24, 2.45) is 0 Å². The van der Waals surface area contributed by atoms with Crippen LogP contribution in [0.1, 0.15) is 26.3 Å². The Kier molecular flexibility index (Phi) is 10.4. The van der Waals surface area contributed by atoms with Crippen LogP contribution in [0.5, 0.6) is 0 Å². The van der Waals surface area contributed by atoms with Crippen molar-refractivity contribution in [3.63, 3.8) is 0 Å². The molecule has 0 unspecified atom stereocenters. The van der Waals surface area contributed by atoms with Gasteiger partial charge in [0.15, 0.2) is 0 Å². The van der Waals surface area contributed by atoms with Crippen LogP contribution in [0.15, 0.2) is 206 Å². The predicted octanol–water partition coefficient (Wildman–Crippen LogP) is 18.1. The summed E-state index contributed by atoms with van der Waals surface area (Å²) < 4.78 is 2.57. The molecule has 12 rings (SSSR count). The molecule has 71 heavy (non-hydrogen) atoms. The maximum absolute atomic E-state index is 2.57. The van der Waals surface area contributed by atoms with E-state index in [0.717, 1.165) is 22.7 Å². The molecule has 0 aliphatic rings. The molecule has 0 N–H and O–H groups in total. The van der Waals surface area contributed by atoms with Crippen molar-refractivity contribution in [3.8, 4) is 11.1 Å². The molecule has 0 aliphatic heterocycles. The van der Waals surface area contributed by atoms with E-state index in [0.29, 0.717) is 0 Å². The van der Waals surface area contributed by atoms with E-state index in [4.69, 9.17) is 0 Å². The van der Waals surface area contributed by atoms with Gasteiger partial charge >= 0.3 is 0 Å². The first-order valence-electron chi connectivity index (χ1n) is 25.3. The van der Waals surface area contributed by atoms with Gasteiger partial charge in [0, 0.05) is 55.7 Å². The van der Waals surface area contributed by atoms with Crippen molar-refractivity contribution in [2.75, 3.05) is 9.80 Å². The Morgan fingerprint density at radius 3 is 1.20 bits per heavy atom. The van der Waals surface area contributed by atoms with Crippen LogP contribution in [-0.2, 0) is 5.41 Å². The van der Waals surface area contributed by atoms with Gasteiger partial charge in [0.05, 0.1) is 32.7 Å². The molecule has 0 spiro atoms. The highest BCUT2D eigenvalue weighted by Gasteiger charge is 2.27. The number of aromatic nitrogens is 1. The highest BCUT2D eigenvalue weighted by atomic mass is 28.3. The minimum absolute atomic E-state index is 0.0798. The Hall–Kier alpha value is -7.45. The molecule has 0 aliphatic carbocycles. The SMILES string of the molecule is CC(C)(C)c1ccc(-c2cc3c4cc5ccc(N(c6ccccc6)c6ccccc6[Si](C)(C)C)cc5cc4n4c5cc6cc(N(c7ccccc7)c7ccccc7[Si](C)(C)C)ccc6cc5c(c2)c34)cc1. The minimum Gasteiger partial charge on any atom is -0.311 e. The van der Waals surface area contributed by atoms with Crippen molar-refractivity contribution in [1.29, 1.82) is 0 Å². The Bertz CT molecular complexity index is 3760. The summed E-state index contributed by atoms with van der Waals surface area (Å²) in [7, 11) is -3.43. The number of anilines is 6. The standard InChI is InChI=1S/C66H61N3Si2/c1-66(2,3)50-32-28-44(29-33-50)49-40-57-55-38-45-30-34-53(67(51-20-12-10-13-21-51)59-24-16-18-26-63(59)70(4,5)6)36-47(45)42-61(55)69-62-43-48-37-54(35-31-46(48)39-56(62)58(41-49)65(57)69)68(52-22-14-11-15-23-52)60-25-17-19-27-64(60)71(7,8)9/h10-43H,1-9H3. The molecule has 12 aromatic rings. The maximum Gasteiger partial charge on any atom is 0.0803 e. The summed E-state index contributed by atoms with van der Waals surface area (Å²) in [5.41, 5.74) is 14.8.